The van der Waals surface area contributed by atoms with E-state index < -0.39 is 0 Å². The number of carbonyl (C=O) groups excluding carboxylic acids is 1. The van der Waals surface area contributed by atoms with Crippen LogP contribution in [0.2, 0.25) is 0 Å². The molecule has 4 heteroatoms. The zero-order valence-corrected chi connectivity index (χ0v) is 9.98. The summed E-state index contributed by atoms with van der Waals surface area (Å²) in [6.45, 7) is 9.29. The molecule has 0 saturated carbocycles. The number of hydrogen-bond donors (Lipinski definition) is 3. The summed E-state index contributed by atoms with van der Waals surface area (Å²) in [5, 5.41) is 2.72. The summed E-state index contributed by atoms with van der Waals surface area (Å²) in [6.07, 6.45) is 3.71. The van der Waals surface area contributed by atoms with Gasteiger partial charge in [-0.05, 0) is 19.9 Å². The lowest BCUT2D eigenvalue weighted by atomic mass is 10.2. The van der Waals surface area contributed by atoms with Gasteiger partial charge >= 0.3 is 0 Å². The normalized spacial score (nSPS) is 14.7. The maximum atomic E-state index is 11.3. The Kier molecular flexibility index (Phi) is 7.36. The Balaban J connectivity index is 0.000000921. The first-order valence-electron chi connectivity index (χ1n) is 5.38. The van der Waals surface area contributed by atoms with Crippen molar-refractivity contribution in [1.29, 1.82) is 0 Å². The SMILES string of the molecule is CC.CCNC(=O)C1=CC=C(C)CNN1. The van der Waals surface area contributed by atoms with E-state index in [9.17, 15) is 4.79 Å². The minimum absolute atomic E-state index is 0.0825. The molecule has 86 valence electrons. The molecule has 3 N–H and O–H groups in total. The number of hydrogen-bond acceptors (Lipinski definition) is 3. The Morgan fingerprint density at radius 1 is 1.47 bits per heavy atom. The number of carbonyl (C=O) groups is 1. The largest absolute Gasteiger partial charge is 0.351 e. The molecule has 1 aliphatic heterocycles. The van der Waals surface area contributed by atoms with Crippen LogP contribution in [0, 0.1) is 0 Å². The van der Waals surface area contributed by atoms with Crippen molar-refractivity contribution in [3.63, 3.8) is 0 Å². The van der Waals surface area contributed by atoms with Crippen LogP contribution in [0.25, 0.3) is 0 Å². The van der Waals surface area contributed by atoms with Crippen LogP contribution in [-0.4, -0.2) is 19.0 Å². The Hall–Kier alpha value is -1.29. The predicted octanol–water partition coefficient (Wildman–Crippen LogP) is 1.09. The van der Waals surface area contributed by atoms with Gasteiger partial charge in [-0.1, -0.05) is 25.5 Å². The Bertz CT molecular complexity index is 257. The van der Waals surface area contributed by atoms with Gasteiger partial charge in [-0.3, -0.25) is 4.79 Å². The highest BCUT2D eigenvalue weighted by atomic mass is 16.2. The van der Waals surface area contributed by atoms with Gasteiger partial charge in [0.1, 0.15) is 5.70 Å². The molecule has 0 bridgehead atoms. The standard InChI is InChI=1S/C9H15N3O.C2H6/c1-3-10-9(13)8-5-4-7(2)6-11-12-8;1-2/h4-5,11-12H,3,6H2,1-2H3,(H,10,13);1-2H3. The maximum absolute atomic E-state index is 11.3. The quantitative estimate of drug-likeness (QED) is 0.641. The van der Waals surface area contributed by atoms with Gasteiger partial charge < -0.3 is 10.7 Å². The molecule has 0 unspecified atom stereocenters. The summed E-state index contributed by atoms with van der Waals surface area (Å²) < 4.78 is 0. The molecule has 0 aliphatic carbocycles. The number of amides is 1. The first-order chi connectivity index (χ1) is 7.24. The average molecular weight is 211 g/mol. The summed E-state index contributed by atoms with van der Waals surface area (Å²) in [5.41, 5.74) is 7.52. The van der Waals surface area contributed by atoms with Crippen LogP contribution in [0.1, 0.15) is 27.7 Å². The molecule has 0 spiro atoms. The molecule has 0 aromatic carbocycles. The van der Waals surface area contributed by atoms with Crippen molar-refractivity contribution >= 4 is 5.91 Å². The summed E-state index contributed by atoms with van der Waals surface area (Å²) >= 11 is 0. The van der Waals surface area contributed by atoms with Crippen molar-refractivity contribution < 1.29 is 4.79 Å². The molecule has 0 fully saturated rings. The summed E-state index contributed by atoms with van der Waals surface area (Å²) in [6, 6.07) is 0. The van der Waals surface area contributed by atoms with E-state index in [0.29, 0.717) is 12.2 Å². The van der Waals surface area contributed by atoms with E-state index in [1.807, 2.05) is 33.8 Å². The molecule has 0 saturated heterocycles. The molecule has 0 aromatic heterocycles. The molecule has 1 rings (SSSR count). The zero-order chi connectivity index (χ0) is 11.7. The fourth-order valence-electron chi connectivity index (χ4n) is 0.993. The third-order valence-corrected chi connectivity index (χ3v) is 1.71. The monoisotopic (exact) mass is 211 g/mol. The smallest absolute Gasteiger partial charge is 0.268 e. The van der Waals surface area contributed by atoms with Gasteiger partial charge in [-0.25, -0.2) is 5.43 Å². The lowest BCUT2D eigenvalue weighted by Crippen LogP contribution is -2.38. The van der Waals surface area contributed by atoms with Gasteiger partial charge in [0.25, 0.3) is 5.91 Å². The van der Waals surface area contributed by atoms with Gasteiger partial charge in [0.05, 0.1) is 0 Å². The Morgan fingerprint density at radius 3 is 2.73 bits per heavy atom. The molecule has 1 heterocycles. The fourth-order valence-corrected chi connectivity index (χ4v) is 0.993. The highest BCUT2D eigenvalue weighted by molar-refractivity contribution is 5.93. The summed E-state index contributed by atoms with van der Waals surface area (Å²) in [7, 11) is 0. The molecular formula is C11H21N3O. The fraction of sp³-hybridized carbons (Fsp3) is 0.545. The zero-order valence-electron chi connectivity index (χ0n) is 9.98. The van der Waals surface area contributed by atoms with Crippen LogP contribution in [0.3, 0.4) is 0 Å². The van der Waals surface area contributed by atoms with Crippen LogP contribution in [0.5, 0.6) is 0 Å². The predicted molar refractivity (Wildman–Crippen MR) is 63.0 cm³/mol. The van der Waals surface area contributed by atoms with E-state index in [2.05, 4.69) is 16.2 Å². The molecule has 15 heavy (non-hydrogen) atoms. The minimum atomic E-state index is -0.0825. The topological polar surface area (TPSA) is 53.2 Å². The lowest BCUT2D eigenvalue weighted by Gasteiger charge is -2.08. The van der Waals surface area contributed by atoms with E-state index in [4.69, 9.17) is 0 Å². The molecule has 4 nitrogen and oxygen atoms in total. The van der Waals surface area contributed by atoms with E-state index in [1.54, 1.807) is 6.08 Å². The number of allylic oxidation sites excluding steroid dienone is 2. The lowest BCUT2D eigenvalue weighted by molar-refractivity contribution is -0.117. The van der Waals surface area contributed by atoms with Gasteiger partial charge in [-0.15, -0.1) is 0 Å². The number of hydrazine groups is 1. The van der Waals surface area contributed by atoms with E-state index in [0.717, 1.165) is 6.54 Å². The summed E-state index contributed by atoms with van der Waals surface area (Å²) in [5.74, 6) is -0.0825. The van der Waals surface area contributed by atoms with Crippen molar-refractivity contribution in [1.82, 2.24) is 16.2 Å². The van der Waals surface area contributed by atoms with Crippen molar-refractivity contribution in [3.05, 3.63) is 23.4 Å². The number of likely N-dealkylation sites (N-methyl/N-ethyl adjacent to an activating group) is 1. The van der Waals surface area contributed by atoms with Gasteiger partial charge in [0.2, 0.25) is 0 Å². The van der Waals surface area contributed by atoms with Crippen LogP contribution in [-0.2, 0) is 4.79 Å². The third-order valence-electron chi connectivity index (χ3n) is 1.71. The van der Waals surface area contributed by atoms with Crippen LogP contribution < -0.4 is 16.2 Å². The van der Waals surface area contributed by atoms with Gasteiger partial charge in [0.15, 0.2) is 0 Å². The highest BCUT2D eigenvalue weighted by Crippen LogP contribution is 1.98. The highest BCUT2D eigenvalue weighted by Gasteiger charge is 2.08. The second kappa shape index (κ2) is 8.05. The molecular weight excluding hydrogens is 190 g/mol. The van der Waals surface area contributed by atoms with Gasteiger partial charge in [0, 0.05) is 13.1 Å². The third kappa shape index (κ3) is 5.22. The second-order valence-corrected chi connectivity index (χ2v) is 2.93. The first-order valence-corrected chi connectivity index (χ1v) is 5.38. The average Bonchev–Trinajstić information content (AvgIpc) is 2.46. The molecule has 1 amide bonds. The van der Waals surface area contributed by atoms with Crippen molar-refractivity contribution in [2.45, 2.75) is 27.7 Å². The molecule has 0 radical (unpaired) electrons. The van der Waals surface area contributed by atoms with Crippen LogP contribution >= 0.6 is 0 Å². The van der Waals surface area contributed by atoms with Crippen molar-refractivity contribution in [2.24, 2.45) is 0 Å². The van der Waals surface area contributed by atoms with Crippen LogP contribution in [0.15, 0.2) is 23.4 Å². The van der Waals surface area contributed by atoms with Crippen LogP contribution in [0.4, 0.5) is 0 Å². The minimum Gasteiger partial charge on any atom is -0.351 e. The van der Waals surface area contributed by atoms with E-state index in [-0.39, 0.29) is 5.91 Å². The van der Waals surface area contributed by atoms with Crippen molar-refractivity contribution in [2.75, 3.05) is 13.1 Å². The Labute approximate surface area is 91.8 Å². The first kappa shape index (κ1) is 13.7. The summed E-state index contributed by atoms with van der Waals surface area (Å²) in [4.78, 5) is 11.3. The molecule has 1 aliphatic rings. The maximum Gasteiger partial charge on any atom is 0.268 e. The number of rotatable bonds is 2. The van der Waals surface area contributed by atoms with Gasteiger partial charge in [-0.2, -0.15) is 0 Å². The van der Waals surface area contributed by atoms with E-state index in [1.165, 1.54) is 5.57 Å². The van der Waals surface area contributed by atoms with Crippen molar-refractivity contribution in [3.8, 4) is 0 Å². The second-order valence-electron chi connectivity index (χ2n) is 2.93. The molecule has 0 atom stereocenters. The van der Waals surface area contributed by atoms with E-state index >= 15 is 0 Å². The Morgan fingerprint density at radius 2 is 2.13 bits per heavy atom. The number of nitrogens with one attached hydrogen (secondary N) is 3. The molecule has 0 aromatic rings.